The lowest BCUT2D eigenvalue weighted by Gasteiger charge is -2.06. The van der Waals surface area contributed by atoms with Crippen LogP contribution in [0.5, 0.6) is 0 Å². The SMILES string of the molecule is CC(=O)Nc1cccc(-c2ccc(NC(=O)c3ccoc3)nn2)c1. The Bertz CT molecular complexity index is 858. The highest BCUT2D eigenvalue weighted by molar-refractivity contribution is 6.03. The highest BCUT2D eigenvalue weighted by Gasteiger charge is 2.09. The van der Waals surface area contributed by atoms with Gasteiger partial charge in [-0.1, -0.05) is 12.1 Å². The first-order valence-corrected chi connectivity index (χ1v) is 7.17. The van der Waals surface area contributed by atoms with Gasteiger partial charge in [0.05, 0.1) is 17.5 Å². The van der Waals surface area contributed by atoms with Gasteiger partial charge in [-0.2, -0.15) is 0 Å². The summed E-state index contributed by atoms with van der Waals surface area (Å²) in [5, 5.41) is 13.4. The van der Waals surface area contributed by atoms with Crippen molar-refractivity contribution in [2.45, 2.75) is 6.92 Å². The van der Waals surface area contributed by atoms with Crippen molar-refractivity contribution in [3.05, 3.63) is 60.6 Å². The summed E-state index contributed by atoms with van der Waals surface area (Å²) < 4.78 is 4.86. The number of hydrogen-bond donors (Lipinski definition) is 2. The Morgan fingerprint density at radius 2 is 1.92 bits per heavy atom. The number of hydrogen-bond acceptors (Lipinski definition) is 5. The zero-order valence-electron chi connectivity index (χ0n) is 12.8. The molecule has 0 spiro atoms. The number of carbonyl (C=O) groups is 2. The molecule has 7 heteroatoms. The predicted molar refractivity (Wildman–Crippen MR) is 88.4 cm³/mol. The molecule has 24 heavy (non-hydrogen) atoms. The molecule has 2 N–H and O–H groups in total. The molecule has 0 fully saturated rings. The summed E-state index contributed by atoms with van der Waals surface area (Å²) in [6, 6.07) is 12.2. The van der Waals surface area contributed by atoms with E-state index >= 15 is 0 Å². The molecule has 0 bridgehead atoms. The third-order valence-corrected chi connectivity index (χ3v) is 3.17. The lowest BCUT2D eigenvalue weighted by Crippen LogP contribution is -2.12. The summed E-state index contributed by atoms with van der Waals surface area (Å²) in [7, 11) is 0. The second kappa shape index (κ2) is 6.74. The summed E-state index contributed by atoms with van der Waals surface area (Å²) in [6.07, 6.45) is 2.77. The van der Waals surface area contributed by atoms with Crippen molar-refractivity contribution in [3.8, 4) is 11.3 Å². The van der Waals surface area contributed by atoms with Gasteiger partial charge in [0.1, 0.15) is 6.26 Å². The maximum atomic E-state index is 11.9. The zero-order valence-corrected chi connectivity index (χ0v) is 12.8. The molecule has 3 rings (SSSR count). The molecule has 0 unspecified atom stereocenters. The van der Waals surface area contributed by atoms with Gasteiger partial charge in [0.2, 0.25) is 5.91 Å². The van der Waals surface area contributed by atoms with Crippen molar-refractivity contribution < 1.29 is 14.0 Å². The number of amides is 2. The molecule has 2 heterocycles. The largest absolute Gasteiger partial charge is 0.472 e. The van der Waals surface area contributed by atoms with Crippen LogP contribution < -0.4 is 10.6 Å². The Morgan fingerprint density at radius 3 is 2.58 bits per heavy atom. The third-order valence-electron chi connectivity index (χ3n) is 3.17. The average molecular weight is 322 g/mol. The van der Waals surface area contributed by atoms with Crippen LogP contribution in [0.2, 0.25) is 0 Å². The molecule has 0 aliphatic carbocycles. The van der Waals surface area contributed by atoms with Crippen molar-refractivity contribution in [2.24, 2.45) is 0 Å². The molecule has 0 saturated heterocycles. The minimum Gasteiger partial charge on any atom is -0.472 e. The van der Waals surface area contributed by atoms with Crippen LogP contribution >= 0.6 is 0 Å². The van der Waals surface area contributed by atoms with Crippen molar-refractivity contribution in [3.63, 3.8) is 0 Å². The fourth-order valence-corrected chi connectivity index (χ4v) is 2.09. The van der Waals surface area contributed by atoms with E-state index in [-0.39, 0.29) is 11.8 Å². The molecular formula is C17H14N4O3. The van der Waals surface area contributed by atoms with E-state index in [0.29, 0.717) is 22.8 Å². The summed E-state index contributed by atoms with van der Waals surface area (Å²) in [6.45, 7) is 1.45. The Balaban J connectivity index is 1.75. The molecule has 0 atom stereocenters. The normalized spacial score (nSPS) is 10.2. The van der Waals surface area contributed by atoms with Crippen molar-refractivity contribution >= 4 is 23.3 Å². The van der Waals surface area contributed by atoms with Gasteiger partial charge in [0.25, 0.3) is 5.91 Å². The number of nitrogens with zero attached hydrogens (tertiary/aromatic N) is 2. The smallest absolute Gasteiger partial charge is 0.260 e. The van der Waals surface area contributed by atoms with E-state index in [1.807, 2.05) is 12.1 Å². The number of anilines is 2. The number of nitrogens with one attached hydrogen (secondary N) is 2. The van der Waals surface area contributed by atoms with Crippen molar-refractivity contribution in [1.82, 2.24) is 10.2 Å². The van der Waals surface area contributed by atoms with Gasteiger partial charge in [-0.3, -0.25) is 9.59 Å². The van der Waals surface area contributed by atoms with Crippen molar-refractivity contribution in [2.75, 3.05) is 10.6 Å². The Labute approximate surface area is 137 Å². The fraction of sp³-hybridized carbons (Fsp3) is 0.0588. The molecular weight excluding hydrogens is 308 g/mol. The molecule has 0 aliphatic rings. The highest BCUT2D eigenvalue weighted by atomic mass is 16.3. The number of carbonyl (C=O) groups excluding carboxylic acids is 2. The van der Waals surface area contributed by atoms with E-state index < -0.39 is 0 Å². The Hall–Kier alpha value is -3.48. The standard InChI is InChI=1S/C17H14N4O3/c1-11(22)18-14-4-2-3-12(9-14)15-5-6-16(21-20-15)19-17(23)13-7-8-24-10-13/h2-10H,1H3,(H,18,22)(H,19,21,23). The molecule has 2 amide bonds. The number of benzene rings is 1. The van der Waals surface area contributed by atoms with Crippen LogP contribution in [-0.4, -0.2) is 22.0 Å². The fourth-order valence-electron chi connectivity index (χ4n) is 2.09. The first-order valence-electron chi connectivity index (χ1n) is 7.17. The monoisotopic (exact) mass is 322 g/mol. The van der Waals surface area contributed by atoms with E-state index in [0.717, 1.165) is 5.56 Å². The van der Waals surface area contributed by atoms with Gasteiger partial charge >= 0.3 is 0 Å². The molecule has 7 nitrogen and oxygen atoms in total. The van der Waals surface area contributed by atoms with Crippen LogP contribution in [0.1, 0.15) is 17.3 Å². The minimum absolute atomic E-state index is 0.143. The molecule has 0 radical (unpaired) electrons. The Morgan fingerprint density at radius 1 is 1.04 bits per heavy atom. The number of furan rings is 1. The topological polar surface area (TPSA) is 97.1 Å². The number of rotatable bonds is 4. The van der Waals surface area contributed by atoms with Crippen LogP contribution in [-0.2, 0) is 4.79 Å². The summed E-state index contributed by atoms with van der Waals surface area (Å²) in [5.74, 6) is -0.128. The van der Waals surface area contributed by atoms with Crippen LogP contribution in [0.4, 0.5) is 11.5 Å². The summed E-state index contributed by atoms with van der Waals surface area (Å²) in [4.78, 5) is 23.0. The first kappa shape index (κ1) is 15.4. The van der Waals surface area contributed by atoms with E-state index in [2.05, 4.69) is 20.8 Å². The van der Waals surface area contributed by atoms with E-state index in [9.17, 15) is 9.59 Å². The molecule has 120 valence electrons. The van der Waals surface area contributed by atoms with Gasteiger partial charge in [0.15, 0.2) is 5.82 Å². The second-order valence-electron chi connectivity index (χ2n) is 5.03. The van der Waals surface area contributed by atoms with Crippen molar-refractivity contribution in [1.29, 1.82) is 0 Å². The number of aromatic nitrogens is 2. The zero-order chi connectivity index (χ0) is 16.9. The second-order valence-corrected chi connectivity index (χ2v) is 5.03. The average Bonchev–Trinajstić information content (AvgIpc) is 3.10. The van der Waals surface area contributed by atoms with Gasteiger partial charge < -0.3 is 15.1 Å². The third kappa shape index (κ3) is 3.64. The molecule has 2 aromatic heterocycles. The van der Waals surface area contributed by atoms with E-state index in [1.165, 1.54) is 19.5 Å². The quantitative estimate of drug-likeness (QED) is 0.769. The molecule has 3 aromatic rings. The summed E-state index contributed by atoms with van der Waals surface area (Å²) in [5.41, 5.74) is 2.52. The van der Waals surface area contributed by atoms with Crippen LogP contribution in [0, 0.1) is 0 Å². The maximum Gasteiger partial charge on any atom is 0.260 e. The predicted octanol–water partition coefficient (Wildman–Crippen LogP) is 2.95. The Kier molecular flexibility index (Phi) is 4.33. The summed E-state index contributed by atoms with van der Waals surface area (Å²) >= 11 is 0. The van der Waals surface area contributed by atoms with E-state index in [4.69, 9.17) is 4.42 Å². The lowest BCUT2D eigenvalue weighted by molar-refractivity contribution is -0.114. The lowest BCUT2D eigenvalue weighted by atomic mass is 10.1. The molecule has 1 aromatic carbocycles. The van der Waals surface area contributed by atoms with Crippen LogP contribution in [0.25, 0.3) is 11.3 Å². The van der Waals surface area contributed by atoms with E-state index in [1.54, 1.807) is 30.3 Å². The van der Waals surface area contributed by atoms with Crippen LogP contribution in [0.15, 0.2) is 59.4 Å². The first-order chi connectivity index (χ1) is 11.6. The van der Waals surface area contributed by atoms with Gasteiger partial charge in [-0.05, 0) is 30.3 Å². The van der Waals surface area contributed by atoms with Gasteiger partial charge in [-0.25, -0.2) is 0 Å². The van der Waals surface area contributed by atoms with Crippen LogP contribution in [0.3, 0.4) is 0 Å². The maximum absolute atomic E-state index is 11.9. The minimum atomic E-state index is -0.321. The van der Waals surface area contributed by atoms with Gasteiger partial charge in [-0.15, -0.1) is 10.2 Å². The molecule has 0 aliphatic heterocycles. The van der Waals surface area contributed by atoms with Gasteiger partial charge in [0, 0.05) is 18.2 Å². The molecule has 0 saturated carbocycles. The highest BCUT2D eigenvalue weighted by Crippen LogP contribution is 2.21.